The molecule has 2 aliphatic rings. The number of benzene rings is 5. The molecule has 5 unspecified atom stereocenters. The third-order valence-corrected chi connectivity index (χ3v) is 9.90. The SMILES string of the molecule is COc1ccc(Cc2cc(C34OCC(CO)(O3)C(OCc3ccccc3)C(OCc3ccccc3)C4OCc3ccccc3)ccc2Cl)cc1F. The Bertz CT molecular complexity index is 1900. The molecule has 7 rings (SSSR count). The lowest BCUT2D eigenvalue weighted by molar-refractivity contribution is -0.353. The van der Waals surface area contributed by atoms with Crippen LogP contribution in [0.4, 0.5) is 4.39 Å². The summed E-state index contributed by atoms with van der Waals surface area (Å²) < 4.78 is 53.8. The number of aliphatic hydroxyl groups excluding tert-OH is 1. The molecule has 2 saturated heterocycles. The zero-order chi connectivity index (χ0) is 35.3. The van der Waals surface area contributed by atoms with Crippen molar-refractivity contribution in [3.63, 3.8) is 0 Å². The first-order valence-electron chi connectivity index (χ1n) is 17.0. The summed E-state index contributed by atoms with van der Waals surface area (Å²) in [5, 5.41) is 11.6. The Morgan fingerprint density at radius 1 is 0.725 bits per heavy atom. The van der Waals surface area contributed by atoms with Crippen LogP contribution in [0.5, 0.6) is 5.75 Å². The molecule has 5 aromatic carbocycles. The maximum Gasteiger partial charge on any atom is 0.225 e. The third-order valence-electron chi connectivity index (χ3n) is 9.53. The largest absolute Gasteiger partial charge is 0.494 e. The molecule has 0 aliphatic carbocycles. The summed E-state index contributed by atoms with van der Waals surface area (Å²) in [6.07, 6.45) is -2.06. The van der Waals surface area contributed by atoms with Gasteiger partial charge in [0, 0.05) is 10.6 Å². The monoisotopic (exact) mass is 710 g/mol. The number of rotatable bonds is 14. The fraction of sp³-hybridized carbons (Fsp3) is 0.286. The van der Waals surface area contributed by atoms with E-state index in [4.69, 9.17) is 40.0 Å². The number of ether oxygens (including phenoxy) is 6. The summed E-state index contributed by atoms with van der Waals surface area (Å²) in [4.78, 5) is 0. The quantitative estimate of drug-likeness (QED) is 0.126. The van der Waals surface area contributed by atoms with Crippen LogP contribution >= 0.6 is 11.6 Å². The molecule has 51 heavy (non-hydrogen) atoms. The molecule has 7 nitrogen and oxygen atoms in total. The van der Waals surface area contributed by atoms with Gasteiger partial charge in [0.2, 0.25) is 5.79 Å². The van der Waals surface area contributed by atoms with Crippen LogP contribution in [0.25, 0.3) is 0 Å². The number of methoxy groups -OCH3 is 1. The Labute approximate surface area is 302 Å². The first kappa shape index (κ1) is 35.3. The van der Waals surface area contributed by atoms with Crippen LogP contribution in [-0.2, 0) is 55.7 Å². The molecule has 2 bridgehead atoms. The first-order chi connectivity index (χ1) is 24.9. The van der Waals surface area contributed by atoms with Crippen LogP contribution < -0.4 is 4.74 Å². The van der Waals surface area contributed by atoms with Gasteiger partial charge >= 0.3 is 0 Å². The summed E-state index contributed by atoms with van der Waals surface area (Å²) in [6, 6.07) is 39.9. The minimum atomic E-state index is -1.52. The molecule has 2 aliphatic heterocycles. The lowest BCUT2D eigenvalue weighted by Gasteiger charge is -2.50. The summed E-state index contributed by atoms with van der Waals surface area (Å²) in [6.45, 7) is 0.365. The van der Waals surface area contributed by atoms with Gasteiger partial charge in [0.05, 0.1) is 40.1 Å². The molecule has 0 amide bonds. The number of hydrogen-bond acceptors (Lipinski definition) is 7. The fourth-order valence-corrected chi connectivity index (χ4v) is 7.08. The zero-order valence-electron chi connectivity index (χ0n) is 28.3. The van der Waals surface area contributed by atoms with Crippen molar-refractivity contribution in [1.82, 2.24) is 0 Å². The van der Waals surface area contributed by atoms with Gasteiger partial charge in [-0.3, -0.25) is 0 Å². The van der Waals surface area contributed by atoms with Crippen molar-refractivity contribution >= 4 is 11.6 Å². The minimum Gasteiger partial charge on any atom is -0.494 e. The molecule has 0 spiro atoms. The average molecular weight is 711 g/mol. The lowest BCUT2D eigenvalue weighted by Crippen LogP contribution is -2.67. The van der Waals surface area contributed by atoms with E-state index in [1.807, 2.05) is 103 Å². The van der Waals surface area contributed by atoms with Crippen molar-refractivity contribution in [2.24, 2.45) is 0 Å². The van der Waals surface area contributed by atoms with Gasteiger partial charge in [-0.15, -0.1) is 0 Å². The van der Waals surface area contributed by atoms with Crippen molar-refractivity contribution in [3.05, 3.63) is 172 Å². The van der Waals surface area contributed by atoms with E-state index in [0.717, 1.165) is 22.3 Å². The van der Waals surface area contributed by atoms with Gasteiger partial charge in [-0.1, -0.05) is 115 Å². The zero-order valence-corrected chi connectivity index (χ0v) is 29.0. The van der Waals surface area contributed by atoms with Gasteiger partial charge in [0.1, 0.15) is 23.9 Å². The number of hydrogen-bond donors (Lipinski definition) is 1. The standard InChI is InChI=1S/C42H40ClFO7/c1-46-37-20-17-32(22-36(37)44)21-33-23-34(18-19-35(33)43)42-40(49-26-31-15-9-4-10-16-31)38(47-24-29-11-5-2-6-12-29)39(41(27-45,51-42)28-50-42)48-25-30-13-7-3-8-14-30/h2-20,22-23,38-40,45H,21,24-28H2,1H3. The van der Waals surface area contributed by atoms with Crippen molar-refractivity contribution in [2.45, 2.75) is 55.9 Å². The molecular weight excluding hydrogens is 671 g/mol. The van der Waals surface area contributed by atoms with Crippen LogP contribution in [0.2, 0.25) is 5.02 Å². The molecule has 2 fully saturated rings. The van der Waals surface area contributed by atoms with Crippen LogP contribution in [0.1, 0.15) is 33.4 Å². The smallest absolute Gasteiger partial charge is 0.225 e. The number of fused-ring (bicyclic) bond motifs is 2. The minimum absolute atomic E-state index is 0.0149. The first-order valence-corrected chi connectivity index (χ1v) is 17.3. The molecule has 9 heteroatoms. The molecule has 5 aromatic rings. The second-order valence-corrected chi connectivity index (χ2v) is 13.3. The third kappa shape index (κ3) is 7.45. The van der Waals surface area contributed by atoms with E-state index in [1.54, 1.807) is 18.2 Å². The normalized spacial score (nSPS) is 24.0. The highest BCUT2D eigenvalue weighted by Gasteiger charge is 2.69. The van der Waals surface area contributed by atoms with E-state index in [2.05, 4.69) is 0 Å². The number of aliphatic hydroxyl groups is 1. The molecule has 1 N–H and O–H groups in total. The maximum absolute atomic E-state index is 14.7. The maximum atomic E-state index is 14.7. The fourth-order valence-electron chi connectivity index (χ4n) is 6.90. The molecule has 0 saturated carbocycles. The van der Waals surface area contributed by atoms with Crippen molar-refractivity contribution in [1.29, 1.82) is 0 Å². The van der Waals surface area contributed by atoms with E-state index in [-0.39, 0.29) is 32.2 Å². The van der Waals surface area contributed by atoms with Gasteiger partial charge in [0.15, 0.2) is 11.6 Å². The number of halogens is 2. The Kier molecular flexibility index (Phi) is 10.8. The molecule has 2 heterocycles. The second kappa shape index (κ2) is 15.6. The van der Waals surface area contributed by atoms with Crippen molar-refractivity contribution in [3.8, 4) is 5.75 Å². The van der Waals surface area contributed by atoms with Gasteiger partial charge in [-0.25, -0.2) is 4.39 Å². The van der Waals surface area contributed by atoms with Gasteiger partial charge in [-0.05, 0) is 58.5 Å². The van der Waals surface area contributed by atoms with E-state index in [9.17, 15) is 9.50 Å². The summed E-state index contributed by atoms with van der Waals surface area (Å²) >= 11 is 6.77. The highest BCUT2D eigenvalue weighted by atomic mass is 35.5. The predicted molar refractivity (Wildman–Crippen MR) is 191 cm³/mol. The Morgan fingerprint density at radius 3 is 1.88 bits per heavy atom. The lowest BCUT2D eigenvalue weighted by atomic mass is 9.83. The van der Waals surface area contributed by atoms with E-state index >= 15 is 0 Å². The molecule has 0 radical (unpaired) electrons. The van der Waals surface area contributed by atoms with Crippen LogP contribution in [0.15, 0.2) is 127 Å². The topological polar surface area (TPSA) is 75.6 Å². The van der Waals surface area contributed by atoms with E-state index < -0.39 is 42.1 Å². The van der Waals surface area contributed by atoms with E-state index in [0.29, 0.717) is 22.6 Å². The van der Waals surface area contributed by atoms with Crippen molar-refractivity contribution < 1.29 is 37.9 Å². The highest BCUT2D eigenvalue weighted by molar-refractivity contribution is 6.31. The average Bonchev–Trinajstić information content (AvgIpc) is 3.53. The Balaban J connectivity index is 1.30. The Morgan fingerprint density at radius 2 is 1.31 bits per heavy atom. The van der Waals surface area contributed by atoms with Crippen LogP contribution in [0, 0.1) is 5.82 Å². The van der Waals surface area contributed by atoms with Gasteiger partial charge in [-0.2, -0.15) is 0 Å². The molecule has 264 valence electrons. The van der Waals surface area contributed by atoms with Gasteiger partial charge in [0.25, 0.3) is 0 Å². The summed E-state index contributed by atoms with van der Waals surface area (Å²) in [5.74, 6) is -1.81. The Hall–Kier alpha value is -4.12. The molecule has 5 atom stereocenters. The van der Waals surface area contributed by atoms with Crippen LogP contribution in [0.3, 0.4) is 0 Å². The molecular formula is C42H40ClFO7. The van der Waals surface area contributed by atoms with E-state index in [1.165, 1.54) is 13.2 Å². The van der Waals surface area contributed by atoms with Crippen LogP contribution in [-0.4, -0.2) is 49.3 Å². The predicted octanol–water partition coefficient (Wildman–Crippen LogP) is 7.78. The summed E-state index contributed by atoms with van der Waals surface area (Å²) in [7, 11) is 1.43. The van der Waals surface area contributed by atoms with Gasteiger partial charge < -0.3 is 33.5 Å². The second-order valence-electron chi connectivity index (χ2n) is 12.9. The highest BCUT2D eigenvalue weighted by Crippen LogP contribution is 2.53. The molecule has 0 aromatic heterocycles. The summed E-state index contributed by atoms with van der Waals surface area (Å²) in [5.41, 5.74) is 3.65. The van der Waals surface area contributed by atoms with Crippen molar-refractivity contribution in [2.75, 3.05) is 20.3 Å².